The predicted octanol–water partition coefficient (Wildman–Crippen LogP) is 7.55. The molecule has 1 unspecified atom stereocenters. The molecule has 0 saturated heterocycles. The number of hydrogen-bond donors (Lipinski definition) is 0. The van der Waals surface area contributed by atoms with Gasteiger partial charge in [-0.15, -0.1) is 0 Å². The maximum atomic E-state index is 14.0. The molecule has 0 aliphatic carbocycles. The monoisotopic (exact) mass is 694 g/mol. The third-order valence-electron chi connectivity index (χ3n) is 7.74. The Morgan fingerprint density at radius 1 is 0.688 bits per heavy atom. The van der Waals surface area contributed by atoms with Crippen LogP contribution in [-0.2, 0) is 39.0 Å². The lowest BCUT2D eigenvalue weighted by atomic mass is 10.0. The van der Waals surface area contributed by atoms with E-state index in [1.807, 2.05) is 56.3 Å². The molecular weight excluding hydrogens is 635 g/mol. The smallest absolute Gasteiger partial charge is 0.365 e. The Hall–Kier alpha value is -2.17. The van der Waals surface area contributed by atoms with E-state index in [9.17, 15) is 4.57 Å². The van der Waals surface area contributed by atoms with Crippen molar-refractivity contribution < 1.29 is 46.8 Å². The molecule has 0 amide bonds. The van der Waals surface area contributed by atoms with E-state index in [2.05, 4.69) is 6.92 Å². The van der Waals surface area contributed by atoms with Gasteiger partial charge in [0.2, 0.25) is 0 Å². The molecule has 48 heavy (non-hydrogen) atoms. The SMILES string of the molecule is CCCCCCCCCCc1ccc(OCC2COCCOCCOc3ccccc3OCCOCCO2)c(P(=O)(OCC)OCC)c1. The summed E-state index contributed by atoms with van der Waals surface area (Å²) < 4.78 is 66.9. The number of ether oxygens (including phenoxy) is 7. The van der Waals surface area contributed by atoms with Crippen LogP contribution in [0.3, 0.4) is 0 Å². The van der Waals surface area contributed by atoms with Crippen LogP contribution in [0.2, 0.25) is 0 Å². The van der Waals surface area contributed by atoms with Crippen LogP contribution >= 0.6 is 7.60 Å². The largest absolute Gasteiger partial charge is 0.490 e. The highest BCUT2D eigenvalue weighted by atomic mass is 31.2. The van der Waals surface area contributed by atoms with Gasteiger partial charge in [0.1, 0.15) is 37.0 Å². The third-order valence-corrected chi connectivity index (χ3v) is 9.87. The highest BCUT2D eigenvalue weighted by molar-refractivity contribution is 7.62. The second kappa shape index (κ2) is 24.9. The van der Waals surface area contributed by atoms with Crippen LogP contribution in [0.15, 0.2) is 42.5 Å². The lowest BCUT2D eigenvalue weighted by Crippen LogP contribution is -2.30. The molecule has 1 atom stereocenters. The number of fused-ring (bicyclic) bond motifs is 1. The van der Waals surface area contributed by atoms with Crippen LogP contribution in [0.1, 0.15) is 77.7 Å². The lowest BCUT2D eigenvalue weighted by molar-refractivity contribution is -0.0640. The Balaban J connectivity index is 1.60. The van der Waals surface area contributed by atoms with Crippen LogP contribution in [0, 0.1) is 0 Å². The average Bonchev–Trinajstić information content (AvgIpc) is 3.09. The number of benzene rings is 2. The molecule has 11 heteroatoms. The van der Waals surface area contributed by atoms with Gasteiger partial charge in [-0.05, 0) is 56.5 Å². The van der Waals surface area contributed by atoms with Gasteiger partial charge in [-0.25, -0.2) is 0 Å². The van der Waals surface area contributed by atoms with Gasteiger partial charge < -0.3 is 42.2 Å². The molecule has 2 aromatic rings. The van der Waals surface area contributed by atoms with Crippen LogP contribution in [0.4, 0.5) is 0 Å². The summed E-state index contributed by atoms with van der Waals surface area (Å²) in [6, 6.07) is 13.4. The van der Waals surface area contributed by atoms with E-state index < -0.39 is 13.7 Å². The van der Waals surface area contributed by atoms with E-state index in [0.29, 0.717) is 75.4 Å². The van der Waals surface area contributed by atoms with Gasteiger partial charge in [0, 0.05) is 0 Å². The summed E-state index contributed by atoms with van der Waals surface area (Å²) in [4.78, 5) is 0. The predicted molar refractivity (Wildman–Crippen MR) is 188 cm³/mol. The fraction of sp³-hybridized carbons (Fsp3) is 0.676. The van der Waals surface area contributed by atoms with Gasteiger partial charge in [-0.3, -0.25) is 4.57 Å². The van der Waals surface area contributed by atoms with E-state index in [4.69, 9.17) is 42.2 Å². The molecule has 0 bridgehead atoms. The summed E-state index contributed by atoms with van der Waals surface area (Å²) in [5, 5.41) is 0.449. The zero-order valence-corrected chi connectivity index (χ0v) is 30.4. The fourth-order valence-electron chi connectivity index (χ4n) is 5.28. The quantitative estimate of drug-likeness (QED) is 0.122. The number of unbranched alkanes of at least 4 members (excludes halogenated alkanes) is 7. The molecule has 3 rings (SSSR count). The maximum Gasteiger partial charge on any atom is 0.365 e. The molecular formula is C37H59O10P. The van der Waals surface area contributed by atoms with Crippen molar-refractivity contribution in [1.29, 1.82) is 0 Å². The number of rotatable bonds is 17. The van der Waals surface area contributed by atoms with Crippen molar-refractivity contribution in [2.24, 2.45) is 0 Å². The first kappa shape index (κ1) is 40.3. The minimum absolute atomic E-state index is 0.178. The Labute approximate surface area is 288 Å². The van der Waals surface area contributed by atoms with E-state index in [1.54, 1.807) is 0 Å². The zero-order chi connectivity index (χ0) is 34.1. The third kappa shape index (κ3) is 15.6. The van der Waals surface area contributed by atoms with Gasteiger partial charge in [-0.2, -0.15) is 0 Å². The highest BCUT2D eigenvalue weighted by Gasteiger charge is 2.31. The van der Waals surface area contributed by atoms with Crippen molar-refractivity contribution in [2.45, 2.75) is 84.7 Å². The summed E-state index contributed by atoms with van der Waals surface area (Å²) in [6.45, 7) is 9.95. The molecule has 272 valence electrons. The van der Waals surface area contributed by atoms with Crippen molar-refractivity contribution in [3.8, 4) is 17.2 Å². The molecule has 0 fully saturated rings. The van der Waals surface area contributed by atoms with E-state index >= 15 is 0 Å². The maximum absolute atomic E-state index is 14.0. The number of aryl methyl sites for hydroxylation is 1. The van der Waals surface area contributed by atoms with Crippen molar-refractivity contribution in [3.05, 3.63) is 48.0 Å². The van der Waals surface area contributed by atoms with Crippen molar-refractivity contribution in [1.82, 2.24) is 0 Å². The van der Waals surface area contributed by atoms with Gasteiger partial charge in [-0.1, -0.05) is 70.1 Å². The van der Waals surface area contributed by atoms with Crippen LogP contribution in [0.5, 0.6) is 17.2 Å². The summed E-state index contributed by atoms with van der Waals surface area (Å²) in [5.74, 6) is 1.79. The minimum atomic E-state index is -3.60. The molecule has 10 nitrogen and oxygen atoms in total. The molecule has 1 heterocycles. The van der Waals surface area contributed by atoms with Gasteiger partial charge in [0.15, 0.2) is 11.5 Å². The fourth-order valence-corrected chi connectivity index (χ4v) is 7.05. The second-order valence-corrected chi connectivity index (χ2v) is 13.6. The van der Waals surface area contributed by atoms with Crippen molar-refractivity contribution in [2.75, 3.05) is 79.3 Å². The van der Waals surface area contributed by atoms with E-state index in [-0.39, 0.29) is 26.4 Å². The Morgan fingerprint density at radius 2 is 1.27 bits per heavy atom. The highest BCUT2D eigenvalue weighted by Crippen LogP contribution is 2.49. The number of para-hydroxylation sites is 2. The lowest BCUT2D eigenvalue weighted by Gasteiger charge is -2.23. The summed E-state index contributed by atoms with van der Waals surface area (Å²) in [5.41, 5.74) is 1.09. The molecule has 1 aliphatic heterocycles. The van der Waals surface area contributed by atoms with Crippen LogP contribution < -0.4 is 19.5 Å². The Kier molecular flexibility index (Phi) is 20.9. The summed E-state index contributed by atoms with van der Waals surface area (Å²) >= 11 is 0. The normalized spacial score (nSPS) is 17.4. The van der Waals surface area contributed by atoms with Crippen molar-refractivity contribution in [3.63, 3.8) is 0 Å². The average molecular weight is 695 g/mol. The molecule has 0 aromatic heterocycles. The van der Waals surface area contributed by atoms with Crippen molar-refractivity contribution >= 4 is 12.9 Å². The zero-order valence-electron chi connectivity index (χ0n) is 29.5. The molecule has 0 saturated carbocycles. The van der Waals surface area contributed by atoms with Gasteiger partial charge in [0.05, 0.1) is 59.5 Å². The standard InChI is InChI=1S/C37H59O10P/c1-4-7-8-9-10-11-12-13-16-32-19-20-36(37(29-32)48(38,46-5-2)47-6-3)45-31-33-30-41-22-21-39-24-27-43-34-17-14-15-18-35(34)44-28-25-40-23-26-42-33/h14-15,17-20,29,33H,4-13,16,21-28,30-31H2,1-3H3. The minimum Gasteiger partial charge on any atom is -0.490 e. The van der Waals surface area contributed by atoms with Crippen LogP contribution in [0.25, 0.3) is 0 Å². The molecule has 0 radical (unpaired) electrons. The summed E-state index contributed by atoms with van der Waals surface area (Å²) in [6.07, 6.45) is 10.5. The van der Waals surface area contributed by atoms with Crippen LogP contribution in [-0.4, -0.2) is 85.4 Å². The first-order valence-corrected chi connectivity index (χ1v) is 19.5. The summed E-state index contributed by atoms with van der Waals surface area (Å²) in [7, 11) is -3.60. The number of hydrogen-bond acceptors (Lipinski definition) is 10. The Morgan fingerprint density at radius 3 is 1.92 bits per heavy atom. The molecule has 0 N–H and O–H groups in total. The first-order chi connectivity index (χ1) is 23.6. The molecule has 0 spiro atoms. The topological polar surface area (TPSA) is 100 Å². The first-order valence-electron chi connectivity index (χ1n) is 17.9. The molecule has 1 aliphatic rings. The van der Waals surface area contributed by atoms with Gasteiger partial charge >= 0.3 is 7.60 Å². The second-order valence-electron chi connectivity index (χ2n) is 11.6. The van der Waals surface area contributed by atoms with Gasteiger partial charge in [0.25, 0.3) is 0 Å². The van der Waals surface area contributed by atoms with E-state index in [0.717, 1.165) is 18.4 Å². The molecule has 2 aromatic carbocycles. The van der Waals surface area contributed by atoms with E-state index in [1.165, 1.54) is 44.9 Å². The Bertz CT molecular complexity index is 1150.